The largest absolute Gasteiger partial charge is 0.289 e. The Morgan fingerprint density at radius 3 is 2.20 bits per heavy atom. The van der Waals surface area contributed by atoms with E-state index in [9.17, 15) is 18.0 Å². The molecule has 2 fully saturated rings. The summed E-state index contributed by atoms with van der Waals surface area (Å²) in [7, 11) is -3.67. The van der Waals surface area contributed by atoms with Crippen molar-refractivity contribution in [1.29, 1.82) is 0 Å². The van der Waals surface area contributed by atoms with E-state index in [-0.39, 0.29) is 29.5 Å². The lowest BCUT2D eigenvalue weighted by Crippen LogP contribution is -2.41. The smallest absolute Gasteiger partial charge is 0.273 e. The summed E-state index contributed by atoms with van der Waals surface area (Å²) in [6, 6.07) is 1.63. The normalized spacial score (nSPS) is 22.2. The molecule has 1 aromatic carbocycles. The average molecular weight is 383 g/mol. The van der Waals surface area contributed by atoms with Gasteiger partial charge in [0.25, 0.3) is 5.24 Å². The number of hydrogen-bond acceptors (Lipinski definition) is 5. The number of sulfonamides is 1. The Morgan fingerprint density at radius 2 is 1.68 bits per heavy atom. The molecule has 0 bridgehead atoms. The number of amides is 2. The molecule has 3 rings (SSSR count). The first-order valence-electron chi connectivity index (χ1n) is 8.21. The standard InChI is InChI=1S/C17H22N2O4S2/c1-10-7-11(2)13(4)16(12(10)3)25(22,23)18-6-5-14(8-18)19-15(20)9-24-17(19)21/h7,14H,5-6,8-9H2,1-4H3/t14-/m0/s1. The highest BCUT2D eigenvalue weighted by Gasteiger charge is 2.42. The fourth-order valence-electron chi connectivity index (χ4n) is 3.55. The third-order valence-corrected chi connectivity index (χ3v) is 8.15. The lowest BCUT2D eigenvalue weighted by atomic mass is 10.0. The van der Waals surface area contributed by atoms with Gasteiger partial charge >= 0.3 is 0 Å². The minimum Gasteiger partial charge on any atom is -0.273 e. The molecule has 25 heavy (non-hydrogen) atoms. The second-order valence-corrected chi connectivity index (χ2v) is 9.51. The van der Waals surface area contributed by atoms with E-state index < -0.39 is 10.0 Å². The summed E-state index contributed by atoms with van der Waals surface area (Å²) >= 11 is 0.984. The molecule has 2 aliphatic heterocycles. The number of rotatable bonds is 3. The van der Waals surface area contributed by atoms with Gasteiger partial charge in [0.2, 0.25) is 15.9 Å². The van der Waals surface area contributed by atoms with Gasteiger partial charge in [0.05, 0.1) is 16.7 Å². The summed E-state index contributed by atoms with van der Waals surface area (Å²) in [5, 5.41) is -0.270. The van der Waals surface area contributed by atoms with Crippen LogP contribution in [0, 0.1) is 27.7 Å². The molecule has 1 atom stereocenters. The molecular weight excluding hydrogens is 360 g/mol. The summed E-state index contributed by atoms with van der Waals surface area (Å²) in [6.45, 7) is 7.96. The van der Waals surface area contributed by atoms with Gasteiger partial charge in [-0.15, -0.1) is 0 Å². The maximum atomic E-state index is 13.2. The van der Waals surface area contributed by atoms with E-state index in [2.05, 4.69) is 0 Å². The van der Waals surface area contributed by atoms with Gasteiger partial charge < -0.3 is 0 Å². The van der Waals surface area contributed by atoms with Crippen LogP contribution in [0.25, 0.3) is 0 Å². The Hall–Kier alpha value is -1.38. The highest BCUT2D eigenvalue weighted by Crippen LogP contribution is 2.33. The topological polar surface area (TPSA) is 74.8 Å². The zero-order valence-electron chi connectivity index (χ0n) is 14.8. The lowest BCUT2D eigenvalue weighted by Gasteiger charge is -2.23. The zero-order valence-corrected chi connectivity index (χ0v) is 16.5. The van der Waals surface area contributed by atoms with Crippen LogP contribution in [0.1, 0.15) is 28.7 Å². The molecule has 6 nitrogen and oxygen atoms in total. The summed E-state index contributed by atoms with van der Waals surface area (Å²) in [4.78, 5) is 25.4. The number of imide groups is 1. The molecule has 0 spiro atoms. The van der Waals surface area contributed by atoms with Crippen LogP contribution in [0.15, 0.2) is 11.0 Å². The molecule has 2 aliphatic rings. The van der Waals surface area contributed by atoms with Crippen molar-refractivity contribution in [2.45, 2.75) is 45.1 Å². The van der Waals surface area contributed by atoms with E-state index >= 15 is 0 Å². The van der Waals surface area contributed by atoms with Gasteiger partial charge in [0, 0.05) is 13.1 Å². The molecule has 2 amide bonds. The van der Waals surface area contributed by atoms with Crippen molar-refractivity contribution in [3.05, 3.63) is 28.3 Å². The van der Waals surface area contributed by atoms with Crippen LogP contribution in [-0.2, 0) is 14.8 Å². The molecule has 2 saturated heterocycles. The summed E-state index contributed by atoms with van der Waals surface area (Å²) in [6.07, 6.45) is 0.486. The second-order valence-electron chi connectivity index (χ2n) is 6.71. The molecule has 1 aromatic rings. The molecular formula is C17H22N2O4S2. The third kappa shape index (κ3) is 3.00. The predicted molar refractivity (Wildman–Crippen MR) is 97.3 cm³/mol. The van der Waals surface area contributed by atoms with Crippen LogP contribution in [0.5, 0.6) is 0 Å². The van der Waals surface area contributed by atoms with Gasteiger partial charge in [-0.05, 0) is 56.4 Å². The Morgan fingerprint density at radius 1 is 1.08 bits per heavy atom. The summed E-state index contributed by atoms with van der Waals surface area (Å²) in [5.74, 6) is -0.0739. The molecule has 0 aromatic heterocycles. The SMILES string of the molecule is Cc1cc(C)c(C)c(S(=O)(=O)N2CC[C@H](N3C(=O)CSC3=O)C2)c1C. The Kier molecular flexibility index (Phi) is 4.72. The van der Waals surface area contributed by atoms with Crippen molar-refractivity contribution >= 4 is 32.9 Å². The van der Waals surface area contributed by atoms with E-state index in [4.69, 9.17) is 0 Å². The number of aryl methyl sites for hydroxylation is 2. The number of carbonyl (C=O) groups is 2. The van der Waals surface area contributed by atoms with Crippen molar-refractivity contribution in [3.63, 3.8) is 0 Å². The molecule has 136 valence electrons. The first-order chi connectivity index (χ1) is 11.6. The Balaban J connectivity index is 1.93. The van der Waals surface area contributed by atoms with Crippen molar-refractivity contribution in [1.82, 2.24) is 9.21 Å². The zero-order chi connectivity index (χ0) is 18.5. The first kappa shape index (κ1) is 18.4. The minimum absolute atomic E-state index is 0.150. The van der Waals surface area contributed by atoms with Gasteiger partial charge in [-0.3, -0.25) is 14.5 Å². The maximum absolute atomic E-state index is 13.2. The molecule has 0 unspecified atom stereocenters. The Labute approximate surface area is 152 Å². The molecule has 0 N–H and O–H groups in total. The number of nitrogens with zero attached hydrogens (tertiary/aromatic N) is 2. The molecule has 8 heteroatoms. The van der Waals surface area contributed by atoms with Crippen molar-refractivity contribution in [2.75, 3.05) is 18.8 Å². The summed E-state index contributed by atoms with van der Waals surface area (Å²) < 4.78 is 27.9. The van der Waals surface area contributed by atoms with Gasteiger partial charge in [-0.1, -0.05) is 17.8 Å². The van der Waals surface area contributed by atoms with E-state index in [0.717, 1.165) is 34.0 Å². The quantitative estimate of drug-likeness (QED) is 0.802. The van der Waals surface area contributed by atoms with Crippen LogP contribution in [0.3, 0.4) is 0 Å². The number of hydrogen-bond donors (Lipinski definition) is 0. The highest BCUT2D eigenvalue weighted by atomic mass is 32.2. The van der Waals surface area contributed by atoms with E-state index in [1.165, 1.54) is 9.21 Å². The Bertz CT molecular complexity index is 822. The minimum atomic E-state index is -3.67. The number of benzene rings is 1. The molecule has 0 aliphatic carbocycles. The fourth-order valence-corrected chi connectivity index (χ4v) is 6.40. The number of carbonyl (C=O) groups excluding carboxylic acids is 2. The first-order valence-corrected chi connectivity index (χ1v) is 10.6. The maximum Gasteiger partial charge on any atom is 0.289 e. The van der Waals surface area contributed by atoms with Gasteiger partial charge in [0.15, 0.2) is 0 Å². The highest BCUT2D eigenvalue weighted by molar-refractivity contribution is 8.14. The van der Waals surface area contributed by atoms with Gasteiger partial charge in [-0.2, -0.15) is 4.31 Å². The molecule has 0 saturated carbocycles. The van der Waals surface area contributed by atoms with Gasteiger partial charge in [0.1, 0.15) is 0 Å². The van der Waals surface area contributed by atoms with E-state index in [1.54, 1.807) is 0 Å². The van der Waals surface area contributed by atoms with Crippen LogP contribution < -0.4 is 0 Å². The van der Waals surface area contributed by atoms with Crippen LogP contribution in [0.2, 0.25) is 0 Å². The predicted octanol–water partition coefficient (Wildman–Crippen LogP) is 2.38. The summed E-state index contributed by atoms with van der Waals surface area (Å²) in [5.41, 5.74) is 3.41. The average Bonchev–Trinajstić information content (AvgIpc) is 3.12. The fraction of sp³-hybridized carbons (Fsp3) is 0.529. The monoisotopic (exact) mass is 382 g/mol. The van der Waals surface area contributed by atoms with E-state index in [1.807, 2.05) is 33.8 Å². The number of thioether (sulfide) groups is 1. The third-order valence-electron chi connectivity index (χ3n) is 5.17. The van der Waals surface area contributed by atoms with Gasteiger partial charge in [-0.25, -0.2) is 8.42 Å². The molecule has 0 radical (unpaired) electrons. The lowest BCUT2D eigenvalue weighted by molar-refractivity contribution is -0.126. The van der Waals surface area contributed by atoms with Crippen molar-refractivity contribution in [3.8, 4) is 0 Å². The van der Waals surface area contributed by atoms with Crippen LogP contribution in [-0.4, -0.2) is 53.7 Å². The van der Waals surface area contributed by atoms with Crippen LogP contribution in [0.4, 0.5) is 4.79 Å². The van der Waals surface area contributed by atoms with Crippen molar-refractivity contribution < 1.29 is 18.0 Å². The van der Waals surface area contributed by atoms with Crippen LogP contribution >= 0.6 is 11.8 Å². The van der Waals surface area contributed by atoms with Crippen molar-refractivity contribution in [2.24, 2.45) is 0 Å². The second kappa shape index (κ2) is 6.41. The van der Waals surface area contributed by atoms with E-state index in [0.29, 0.717) is 17.9 Å². The molecule has 2 heterocycles.